The van der Waals surface area contributed by atoms with Gasteiger partial charge in [-0.05, 0) is 163 Å². The highest BCUT2D eigenvalue weighted by molar-refractivity contribution is 7.89. The summed E-state index contributed by atoms with van der Waals surface area (Å²) in [5.74, 6) is 3.73. The first-order chi connectivity index (χ1) is 27.5. The van der Waals surface area contributed by atoms with Gasteiger partial charge in [-0.25, -0.2) is 8.42 Å². The van der Waals surface area contributed by atoms with Crippen LogP contribution in [-0.4, -0.2) is 68.9 Å². The molecule has 4 saturated carbocycles. The second kappa shape index (κ2) is 15.3. The summed E-state index contributed by atoms with van der Waals surface area (Å²) in [6.45, 7) is 27.2. The van der Waals surface area contributed by atoms with Gasteiger partial charge < -0.3 is 10.1 Å². The van der Waals surface area contributed by atoms with E-state index in [0.717, 1.165) is 44.6 Å². The number of allylic oxidation sites excluding steroid dienone is 3. The van der Waals surface area contributed by atoms with Crippen LogP contribution in [0.4, 0.5) is 0 Å². The van der Waals surface area contributed by atoms with E-state index in [2.05, 4.69) is 83.5 Å². The summed E-state index contributed by atoms with van der Waals surface area (Å²) in [6.07, 6.45) is 14.8. The molecule has 2 aromatic carbocycles. The summed E-state index contributed by atoms with van der Waals surface area (Å²) in [6, 6.07) is 15.6. The Bertz CT molecular complexity index is 2000. The lowest BCUT2D eigenvalue weighted by Gasteiger charge is -2.72. The van der Waals surface area contributed by atoms with Crippen LogP contribution in [0.15, 0.2) is 71.7 Å². The van der Waals surface area contributed by atoms with Gasteiger partial charge in [0.25, 0.3) is 6.47 Å². The van der Waals surface area contributed by atoms with Crippen molar-refractivity contribution in [2.24, 2.45) is 51.2 Å². The molecule has 0 spiro atoms. The van der Waals surface area contributed by atoms with Crippen molar-refractivity contribution < 1.29 is 17.9 Å². The number of nitrogens with zero attached hydrogens (tertiary/aromatic N) is 2. The van der Waals surface area contributed by atoms with Crippen molar-refractivity contribution in [3.63, 3.8) is 0 Å². The van der Waals surface area contributed by atoms with Crippen LogP contribution < -0.4 is 10.1 Å². The molecule has 7 nitrogen and oxygen atoms in total. The summed E-state index contributed by atoms with van der Waals surface area (Å²) in [4.78, 5) is 13.8. The number of aryl methyl sites for hydroxylation is 1. The van der Waals surface area contributed by atoms with E-state index in [-0.39, 0.29) is 27.2 Å². The van der Waals surface area contributed by atoms with Gasteiger partial charge in [-0.2, -0.15) is 4.31 Å². The third-order valence-electron chi connectivity index (χ3n) is 18.2. The Morgan fingerprint density at radius 1 is 0.862 bits per heavy atom. The lowest BCUT2D eigenvalue weighted by Crippen LogP contribution is -2.68. The Morgan fingerprint density at radius 3 is 2.22 bits per heavy atom. The molecule has 5 aliphatic carbocycles. The summed E-state index contributed by atoms with van der Waals surface area (Å²) in [5.41, 5.74) is 6.22. The van der Waals surface area contributed by atoms with Crippen molar-refractivity contribution in [3.05, 3.63) is 77.9 Å². The molecule has 1 heterocycles. The lowest BCUT2D eigenvalue weighted by atomic mass is 9.33. The van der Waals surface area contributed by atoms with Crippen LogP contribution in [-0.2, 0) is 21.2 Å². The monoisotopic (exact) mass is 810 g/mol. The van der Waals surface area contributed by atoms with E-state index in [9.17, 15) is 13.2 Å². The second-order valence-electron chi connectivity index (χ2n) is 20.8. The number of carbonyl (C=O) groups is 1. The van der Waals surface area contributed by atoms with E-state index in [1.807, 2.05) is 24.3 Å². The number of hydrogen-bond donors (Lipinski definition) is 1. The molecule has 1 aliphatic heterocycles. The van der Waals surface area contributed by atoms with Gasteiger partial charge in [-0.15, -0.1) is 0 Å². The molecule has 9 atom stereocenters. The number of fused-ring (bicyclic) bond motifs is 7. The van der Waals surface area contributed by atoms with Gasteiger partial charge in [0.15, 0.2) is 0 Å². The fraction of sp³-hybridized carbons (Fsp3) is 0.660. The molecule has 0 unspecified atom stereocenters. The number of carbonyl (C=O) groups excluding carboxylic acids is 1. The molecule has 5 fully saturated rings. The van der Waals surface area contributed by atoms with Crippen LogP contribution in [0.5, 0.6) is 5.75 Å². The highest BCUT2D eigenvalue weighted by atomic mass is 32.2. The predicted molar refractivity (Wildman–Crippen MR) is 235 cm³/mol. The summed E-state index contributed by atoms with van der Waals surface area (Å²) in [7, 11) is -3.47. The van der Waals surface area contributed by atoms with Gasteiger partial charge in [-0.3, -0.25) is 9.69 Å². The quantitative estimate of drug-likeness (QED) is 0.180. The summed E-state index contributed by atoms with van der Waals surface area (Å²) in [5, 5.41) is 4.29. The Kier molecular flexibility index (Phi) is 11.1. The van der Waals surface area contributed by atoms with Crippen molar-refractivity contribution in [2.45, 2.75) is 123 Å². The lowest BCUT2D eigenvalue weighted by molar-refractivity contribution is -0.219. The van der Waals surface area contributed by atoms with E-state index in [4.69, 9.17) is 4.74 Å². The van der Waals surface area contributed by atoms with Crippen molar-refractivity contribution in [2.75, 3.05) is 39.3 Å². The third-order valence-corrected chi connectivity index (χ3v) is 20.1. The molecule has 6 aliphatic rings. The van der Waals surface area contributed by atoms with E-state index >= 15 is 0 Å². The van der Waals surface area contributed by atoms with Crippen LogP contribution in [0.3, 0.4) is 0 Å². The summed E-state index contributed by atoms with van der Waals surface area (Å²) < 4.78 is 33.7. The van der Waals surface area contributed by atoms with Crippen LogP contribution >= 0.6 is 0 Å². The van der Waals surface area contributed by atoms with Gasteiger partial charge in [-0.1, -0.05) is 84.0 Å². The Balaban J connectivity index is 0.966. The maximum absolute atomic E-state index is 13.5. The van der Waals surface area contributed by atoms with Crippen molar-refractivity contribution in [1.82, 2.24) is 14.5 Å². The molecule has 0 amide bonds. The smallest absolute Gasteiger partial charge is 0.298 e. The zero-order valence-corrected chi connectivity index (χ0v) is 37.4. The minimum Gasteiger partial charge on any atom is -0.429 e. The van der Waals surface area contributed by atoms with E-state index < -0.39 is 10.0 Å². The highest BCUT2D eigenvalue weighted by Crippen LogP contribution is 2.76. The number of hydrogen-bond acceptors (Lipinski definition) is 6. The molecule has 8 rings (SSSR count). The van der Waals surface area contributed by atoms with Crippen LogP contribution in [0.2, 0.25) is 0 Å². The predicted octanol–water partition coefficient (Wildman–Crippen LogP) is 9.78. The first-order valence-electron chi connectivity index (χ1n) is 22.7. The first kappa shape index (κ1) is 41.9. The number of ether oxygens (including phenoxy) is 1. The topological polar surface area (TPSA) is 78.9 Å². The minimum absolute atomic E-state index is 0.0445. The SMILES string of the molecule is C=C(C)[C@@H]1CC[C@]2(NCCN3CCN(S(=O)(=O)c4ccc(CC)cc4)CC3)CC[C@]3(C)[C@H](CC[C@@H]4[C@@]5(C)CC=C(c6ccc(OC=O)cc6)C(C)(C)[C@@H]5CC[C@]43C)[C@@H]12. The minimum atomic E-state index is -3.47. The molecule has 0 aromatic heterocycles. The average Bonchev–Trinajstić information content (AvgIpc) is 3.59. The fourth-order valence-corrected chi connectivity index (χ4v) is 16.4. The van der Waals surface area contributed by atoms with Gasteiger partial charge in [0, 0.05) is 44.8 Å². The van der Waals surface area contributed by atoms with Crippen molar-refractivity contribution in [3.8, 4) is 5.75 Å². The van der Waals surface area contributed by atoms with Gasteiger partial charge in [0.2, 0.25) is 10.0 Å². The van der Waals surface area contributed by atoms with E-state index in [1.54, 1.807) is 16.4 Å². The zero-order valence-electron chi connectivity index (χ0n) is 36.6. The molecule has 0 radical (unpaired) electrons. The number of piperazine rings is 1. The normalized spacial score (nSPS) is 37.4. The molecule has 316 valence electrons. The van der Waals surface area contributed by atoms with Crippen LogP contribution in [0.25, 0.3) is 5.57 Å². The Morgan fingerprint density at radius 2 is 1.57 bits per heavy atom. The third kappa shape index (κ3) is 6.61. The molecule has 1 N–H and O–H groups in total. The van der Waals surface area contributed by atoms with Gasteiger partial charge in [0.1, 0.15) is 5.75 Å². The first-order valence-corrected chi connectivity index (χ1v) is 24.1. The van der Waals surface area contributed by atoms with Gasteiger partial charge in [0.05, 0.1) is 4.90 Å². The van der Waals surface area contributed by atoms with E-state index in [0.29, 0.717) is 59.8 Å². The molecular weight excluding hydrogens is 739 g/mol. The largest absolute Gasteiger partial charge is 0.429 e. The molecule has 0 bridgehead atoms. The van der Waals surface area contributed by atoms with Crippen molar-refractivity contribution in [1.29, 1.82) is 0 Å². The Hall–Kier alpha value is -2.78. The average molecular weight is 810 g/mol. The summed E-state index contributed by atoms with van der Waals surface area (Å²) >= 11 is 0. The molecule has 58 heavy (non-hydrogen) atoms. The Labute approximate surface area is 350 Å². The van der Waals surface area contributed by atoms with Crippen molar-refractivity contribution >= 4 is 22.1 Å². The number of nitrogens with one attached hydrogen (secondary N) is 1. The molecule has 8 heteroatoms. The molecular formula is C50H71N3O4S. The van der Waals surface area contributed by atoms with Crippen LogP contribution in [0.1, 0.15) is 117 Å². The highest BCUT2D eigenvalue weighted by Gasteiger charge is 2.70. The molecule has 1 saturated heterocycles. The second-order valence-corrected chi connectivity index (χ2v) is 22.7. The number of sulfonamides is 1. The standard InChI is InChI=1S/C50H71N3O4S/c1-9-36-10-16-39(17-11-36)58(55,56)53-32-30-52(31-33-53)29-28-51-50-25-20-40(35(2)3)45(50)42-18-19-44-47(6)23-21-41(37-12-14-38(15-13-37)57-34-54)46(4,5)43(47)22-24-49(44,8)48(42,7)26-27-50/h10-17,21,34,40,42-45,51H,2,9,18-20,22-33H2,1,3-8H3/t40-,42+,43-,44+,45+,47-,48+,49+,50-/m0/s1. The number of benzene rings is 2. The maximum Gasteiger partial charge on any atom is 0.298 e. The van der Waals surface area contributed by atoms with E-state index in [1.165, 1.54) is 68.1 Å². The van der Waals surface area contributed by atoms with Gasteiger partial charge >= 0.3 is 0 Å². The fourth-order valence-electron chi connectivity index (χ4n) is 15.0. The molecule has 2 aromatic rings. The number of rotatable bonds is 11. The van der Waals surface area contributed by atoms with Crippen LogP contribution in [0, 0.1) is 51.2 Å². The zero-order chi connectivity index (χ0) is 41.3. The maximum atomic E-state index is 13.5.